The Morgan fingerprint density at radius 3 is 2.74 bits per heavy atom. The third kappa shape index (κ3) is 3.45. The van der Waals surface area contributed by atoms with Crippen molar-refractivity contribution < 1.29 is 5.11 Å². The van der Waals surface area contributed by atoms with Crippen molar-refractivity contribution in [3.63, 3.8) is 0 Å². The van der Waals surface area contributed by atoms with E-state index in [0.717, 1.165) is 22.4 Å². The van der Waals surface area contributed by atoms with Crippen LogP contribution in [0.15, 0.2) is 36.5 Å². The van der Waals surface area contributed by atoms with Gasteiger partial charge in [-0.2, -0.15) is 0 Å². The van der Waals surface area contributed by atoms with Crippen LogP contribution in [0.3, 0.4) is 0 Å². The molecular weight excluding hydrogens is 283 g/mol. The molecular formula is C14H16Cl2N2O. The normalized spacial score (nSPS) is 11.8. The van der Waals surface area contributed by atoms with Gasteiger partial charge < -0.3 is 10.8 Å². The van der Waals surface area contributed by atoms with Gasteiger partial charge in [0.05, 0.1) is 18.3 Å². The topological polar surface area (TPSA) is 59.1 Å². The van der Waals surface area contributed by atoms with Gasteiger partial charge in [-0.05, 0) is 36.2 Å². The molecule has 1 heterocycles. The molecule has 0 aliphatic rings. The van der Waals surface area contributed by atoms with Crippen LogP contribution < -0.4 is 5.73 Å². The van der Waals surface area contributed by atoms with Crippen LogP contribution in [0.2, 0.25) is 5.02 Å². The van der Waals surface area contributed by atoms with Gasteiger partial charge in [0.1, 0.15) is 0 Å². The molecule has 102 valence electrons. The molecule has 2 aromatic rings. The van der Waals surface area contributed by atoms with E-state index < -0.39 is 6.04 Å². The number of benzene rings is 1. The van der Waals surface area contributed by atoms with Crippen molar-refractivity contribution in [1.82, 2.24) is 4.98 Å². The Balaban J connectivity index is 0.00000180. The van der Waals surface area contributed by atoms with Gasteiger partial charge in [-0.1, -0.05) is 23.7 Å². The highest BCUT2D eigenvalue weighted by molar-refractivity contribution is 6.33. The largest absolute Gasteiger partial charge is 0.394 e. The molecule has 0 aliphatic carbocycles. The van der Waals surface area contributed by atoms with Crippen molar-refractivity contribution in [1.29, 1.82) is 0 Å². The molecule has 0 amide bonds. The first kappa shape index (κ1) is 15.9. The molecule has 0 saturated heterocycles. The molecule has 0 unspecified atom stereocenters. The van der Waals surface area contributed by atoms with Crippen molar-refractivity contribution >= 4 is 24.0 Å². The monoisotopic (exact) mass is 298 g/mol. The molecule has 1 aromatic carbocycles. The standard InChI is InChI=1S/C14H15ClN2O.ClH/c1-9-3-2-6-17-14(9)11-7-10(13(16)8-18)4-5-12(11)15;/h2-7,13,18H,8,16H2,1H3;1H/t13-;/m1./s1. The second-order valence-corrected chi connectivity index (χ2v) is 4.60. The third-order valence-electron chi connectivity index (χ3n) is 2.88. The zero-order chi connectivity index (χ0) is 13.1. The predicted molar refractivity (Wildman–Crippen MR) is 80.7 cm³/mol. The van der Waals surface area contributed by atoms with Gasteiger partial charge >= 0.3 is 0 Å². The SMILES string of the molecule is Cc1cccnc1-c1cc([C@H](N)CO)ccc1Cl.Cl. The zero-order valence-electron chi connectivity index (χ0n) is 10.5. The summed E-state index contributed by atoms with van der Waals surface area (Å²) in [7, 11) is 0. The Morgan fingerprint density at radius 1 is 1.37 bits per heavy atom. The highest BCUT2D eigenvalue weighted by atomic mass is 35.5. The Hall–Kier alpha value is -1.13. The van der Waals surface area contributed by atoms with E-state index >= 15 is 0 Å². The van der Waals surface area contributed by atoms with E-state index in [0.29, 0.717) is 5.02 Å². The first-order valence-corrected chi connectivity index (χ1v) is 6.09. The highest BCUT2D eigenvalue weighted by Crippen LogP contribution is 2.30. The number of aryl methyl sites for hydroxylation is 1. The van der Waals surface area contributed by atoms with Crippen molar-refractivity contribution in [3.8, 4) is 11.3 Å². The van der Waals surface area contributed by atoms with Gasteiger partial charge in [-0.15, -0.1) is 12.4 Å². The van der Waals surface area contributed by atoms with E-state index in [1.165, 1.54) is 0 Å². The van der Waals surface area contributed by atoms with Crippen LogP contribution in [0, 0.1) is 6.92 Å². The van der Waals surface area contributed by atoms with Crippen LogP contribution in [0.1, 0.15) is 17.2 Å². The number of hydrogen-bond acceptors (Lipinski definition) is 3. The van der Waals surface area contributed by atoms with Crippen LogP contribution in [-0.2, 0) is 0 Å². The van der Waals surface area contributed by atoms with Crippen LogP contribution in [0.4, 0.5) is 0 Å². The molecule has 1 aromatic heterocycles. The summed E-state index contributed by atoms with van der Waals surface area (Å²) in [5.74, 6) is 0. The minimum atomic E-state index is -0.398. The number of aromatic nitrogens is 1. The van der Waals surface area contributed by atoms with Crippen LogP contribution in [0.5, 0.6) is 0 Å². The minimum absolute atomic E-state index is 0. The maximum atomic E-state index is 9.10. The van der Waals surface area contributed by atoms with E-state index in [4.69, 9.17) is 22.4 Å². The number of halogens is 2. The van der Waals surface area contributed by atoms with E-state index in [-0.39, 0.29) is 19.0 Å². The van der Waals surface area contributed by atoms with Gasteiger partial charge in [-0.3, -0.25) is 4.98 Å². The van der Waals surface area contributed by atoms with Crippen LogP contribution >= 0.6 is 24.0 Å². The third-order valence-corrected chi connectivity index (χ3v) is 3.21. The maximum Gasteiger partial charge on any atom is 0.0746 e. The lowest BCUT2D eigenvalue weighted by molar-refractivity contribution is 0.268. The fraction of sp³-hybridized carbons (Fsp3) is 0.214. The molecule has 3 nitrogen and oxygen atoms in total. The highest BCUT2D eigenvalue weighted by Gasteiger charge is 2.11. The number of aliphatic hydroxyl groups is 1. The molecule has 0 aliphatic heterocycles. The molecule has 1 atom stereocenters. The smallest absolute Gasteiger partial charge is 0.0746 e. The van der Waals surface area contributed by atoms with Crippen LogP contribution in [-0.4, -0.2) is 16.7 Å². The molecule has 0 fully saturated rings. The molecule has 5 heteroatoms. The first-order chi connectivity index (χ1) is 8.63. The summed E-state index contributed by atoms with van der Waals surface area (Å²) in [5, 5.41) is 9.73. The number of nitrogens with zero attached hydrogens (tertiary/aromatic N) is 1. The molecule has 2 rings (SSSR count). The van der Waals surface area contributed by atoms with Gasteiger partial charge in [0.15, 0.2) is 0 Å². The molecule has 19 heavy (non-hydrogen) atoms. The molecule has 0 spiro atoms. The molecule has 0 radical (unpaired) electrons. The Morgan fingerprint density at radius 2 is 2.11 bits per heavy atom. The zero-order valence-corrected chi connectivity index (χ0v) is 12.1. The van der Waals surface area contributed by atoms with Gasteiger partial charge in [0.2, 0.25) is 0 Å². The van der Waals surface area contributed by atoms with Crippen molar-refractivity contribution in [2.75, 3.05) is 6.61 Å². The van der Waals surface area contributed by atoms with Crippen molar-refractivity contribution in [2.24, 2.45) is 5.73 Å². The number of hydrogen-bond donors (Lipinski definition) is 2. The number of nitrogens with two attached hydrogens (primary N) is 1. The average Bonchev–Trinajstić information content (AvgIpc) is 2.39. The summed E-state index contributed by atoms with van der Waals surface area (Å²) >= 11 is 6.21. The van der Waals surface area contributed by atoms with Gasteiger partial charge in [0.25, 0.3) is 0 Å². The number of rotatable bonds is 3. The minimum Gasteiger partial charge on any atom is -0.394 e. The van der Waals surface area contributed by atoms with Gasteiger partial charge in [-0.25, -0.2) is 0 Å². The number of aliphatic hydroxyl groups excluding tert-OH is 1. The summed E-state index contributed by atoms with van der Waals surface area (Å²) in [6.45, 7) is 1.89. The first-order valence-electron chi connectivity index (χ1n) is 5.71. The molecule has 3 N–H and O–H groups in total. The van der Waals surface area contributed by atoms with Gasteiger partial charge in [0, 0.05) is 16.8 Å². The average molecular weight is 299 g/mol. The predicted octanol–water partition coefficient (Wildman–Crippen LogP) is 3.12. The summed E-state index contributed by atoms with van der Waals surface area (Å²) in [6, 6.07) is 8.97. The maximum absolute atomic E-state index is 9.10. The number of pyridine rings is 1. The van der Waals surface area contributed by atoms with E-state index in [1.54, 1.807) is 12.3 Å². The van der Waals surface area contributed by atoms with E-state index in [9.17, 15) is 0 Å². The lowest BCUT2D eigenvalue weighted by Crippen LogP contribution is -2.14. The Kier molecular flexibility index (Phi) is 5.76. The molecule has 0 saturated carbocycles. The van der Waals surface area contributed by atoms with Crippen molar-refractivity contribution in [2.45, 2.75) is 13.0 Å². The lowest BCUT2D eigenvalue weighted by Gasteiger charge is -2.12. The van der Waals surface area contributed by atoms with Crippen LogP contribution in [0.25, 0.3) is 11.3 Å². The lowest BCUT2D eigenvalue weighted by atomic mass is 10.0. The summed E-state index contributed by atoms with van der Waals surface area (Å²) in [5.41, 5.74) is 9.40. The van der Waals surface area contributed by atoms with E-state index in [1.807, 2.05) is 31.2 Å². The second kappa shape index (κ2) is 6.87. The molecule has 0 bridgehead atoms. The fourth-order valence-electron chi connectivity index (χ4n) is 1.83. The van der Waals surface area contributed by atoms with E-state index in [2.05, 4.69) is 4.98 Å². The second-order valence-electron chi connectivity index (χ2n) is 4.20. The van der Waals surface area contributed by atoms with Crippen molar-refractivity contribution in [3.05, 3.63) is 52.7 Å². The quantitative estimate of drug-likeness (QED) is 0.915. The summed E-state index contributed by atoms with van der Waals surface area (Å²) < 4.78 is 0. The Labute approximate surface area is 123 Å². The Bertz CT molecular complexity index is 561. The fourth-order valence-corrected chi connectivity index (χ4v) is 2.04. The summed E-state index contributed by atoms with van der Waals surface area (Å²) in [6.07, 6.45) is 1.73. The summed E-state index contributed by atoms with van der Waals surface area (Å²) in [4.78, 5) is 4.35.